The maximum absolute atomic E-state index is 13.3. The summed E-state index contributed by atoms with van der Waals surface area (Å²) in [5, 5.41) is 13.2. The van der Waals surface area contributed by atoms with Gasteiger partial charge in [0.05, 0.1) is 11.6 Å². The molecule has 2 aromatic rings. The van der Waals surface area contributed by atoms with E-state index in [9.17, 15) is 10.1 Å². The molecule has 0 atom stereocenters. The lowest BCUT2D eigenvalue weighted by molar-refractivity contribution is 0.151. The third-order valence-corrected chi connectivity index (χ3v) is 7.29. The van der Waals surface area contributed by atoms with Gasteiger partial charge in [-0.1, -0.05) is 35.3 Å². The van der Waals surface area contributed by atoms with Crippen LogP contribution in [0.5, 0.6) is 0 Å². The largest absolute Gasteiger partial charge is 0.333 e. The Morgan fingerprint density at radius 3 is 2.37 bits per heavy atom. The predicted octanol–water partition coefficient (Wildman–Crippen LogP) is 6.91. The number of anilines is 1. The van der Waals surface area contributed by atoms with Crippen LogP contribution in [0.15, 0.2) is 42.5 Å². The first-order chi connectivity index (χ1) is 17.0. The monoisotopic (exact) mass is 534 g/mol. The van der Waals surface area contributed by atoms with Crippen LogP contribution in [0.25, 0.3) is 0 Å². The summed E-state index contributed by atoms with van der Waals surface area (Å²) in [6.07, 6.45) is 6.39. The lowest BCUT2D eigenvalue weighted by Crippen LogP contribution is -2.47. The van der Waals surface area contributed by atoms with Crippen LogP contribution in [0.1, 0.15) is 55.6 Å². The van der Waals surface area contributed by atoms with E-state index in [4.69, 9.17) is 27.8 Å². The van der Waals surface area contributed by atoms with E-state index in [0.717, 1.165) is 45.3 Å². The number of nitrogens with zero attached hydrogens (tertiary/aromatic N) is 3. The topological polar surface area (TPSA) is 79.6 Å². The lowest BCUT2D eigenvalue weighted by Gasteiger charge is -2.38. The number of benzene rings is 2. The van der Waals surface area contributed by atoms with Crippen molar-refractivity contribution < 1.29 is 9.35 Å². The molecule has 35 heavy (non-hydrogen) atoms. The number of hydrogen-bond acceptors (Lipinski definition) is 5. The Bertz CT molecular complexity index is 998. The van der Waals surface area contributed by atoms with Crippen LogP contribution >= 0.6 is 36.1 Å². The van der Waals surface area contributed by atoms with E-state index in [1.165, 1.54) is 18.4 Å². The number of carbonyl (C=O) groups excluding carboxylic acids is 1. The van der Waals surface area contributed by atoms with Gasteiger partial charge < -0.3 is 19.7 Å². The normalized spacial score (nSPS) is 19.9. The molecule has 1 saturated heterocycles. The number of nitrogens with one attached hydrogen (secondary N) is 1. The van der Waals surface area contributed by atoms with Crippen LogP contribution in [0, 0.1) is 11.3 Å². The van der Waals surface area contributed by atoms with Crippen molar-refractivity contribution in [1.29, 1.82) is 5.26 Å². The lowest BCUT2D eigenvalue weighted by atomic mass is 9.81. The zero-order valence-electron chi connectivity index (χ0n) is 19.7. The first kappa shape index (κ1) is 27.6. The molecule has 2 N–H and O–H groups in total. The molecule has 1 saturated carbocycles. The minimum Gasteiger partial charge on any atom is -0.333 e. The van der Waals surface area contributed by atoms with Crippen molar-refractivity contribution in [2.45, 2.75) is 50.5 Å². The summed E-state index contributed by atoms with van der Waals surface area (Å²) < 4.78 is 6.69. The van der Waals surface area contributed by atoms with Gasteiger partial charge in [0.2, 0.25) is 0 Å². The molecular formula is C26H32Cl2N4O2S. The average Bonchev–Trinajstić information content (AvgIpc) is 3.39. The molecule has 0 radical (unpaired) electrons. The van der Waals surface area contributed by atoms with Gasteiger partial charge in [0, 0.05) is 34.9 Å². The Kier molecular flexibility index (Phi) is 11.0. The highest BCUT2D eigenvalue weighted by atomic mass is 35.5. The number of rotatable bonds is 6. The Balaban J connectivity index is 0.00000167. The number of amides is 2. The number of nitriles is 1. The average molecular weight is 536 g/mol. The maximum atomic E-state index is 13.3. The molecule has 2 fully saturated rings. The quantitative estimate of drug-likeness (QED) is 0.277. The first-order valence-electron chi connectivity index (χ1n) is 12.0. The molecule has 2 aliphatic rings. The standard InChI is InChI=1S/C26H30Cl2N4O.H2OS/c27-22-15-23(28)17-24(16-22)30-26(33)32(13-12-31-10-1-2-11-31)25-8-6-20(7-9-25)21-5-3-4-19(14-21)18-29;1-2/h3-5,14-17,20,25H,1-2,6-13H2,(H,30,33);1-2H. The summed E-state index contributed by atoms with van der Waals surface area (Å²) in [5.74, 6) is 0.435. The maximum Gasteiger partial charge on any atom is 0.322 e. The fraction of sp³-hybridized carbons (Fsp3) is 0.462. The number of urea groups is 1. The van der Waals surface area contributed by atoms with Gasteiger partial charge in [0.15, 0.2) is 0 Å². The molecular weight excluding hydrogens is 503 g/mol. The van der Waals surface area contributed by atoms with Gasteiger partial charge in [0.25, 0.3) is 0 Å². The highest BCUT2D eigenvalue weighted by Gasteiger charge is 2.30. The molecule has 6 nitrogen and oxygen atoms in total. The minimum absolute atomic E-state index is 0.0949. The fourth-order valence-corrected chi connectivity index (χ4v) is 5.64. The fourth-order valence-electron chi connectivity index (χ4n) is 5.11. The number of likely N-dealkylation sites (tertiary alicyclic amines) is 1. The summed E-state index contributed by atoms with van der Waals surface area (Å²) >= 11 is 14.8. The number of thiol groups is 1. The van der Waals surface area contributed by atoms with Gasteiger partial charge in [0.1, 0.15) is 0 Å². The van der Waals surface area contributed by atoms with Crippen LogP contribution in [0.3, 0.4) is 0 Å². The minimum atomic E-state index is -0.0949. The summed E-state index contributed by atoms with van der Waals surface area (Å²) in [5.41, 5.74) is 2.56. The van der Waals surface area contributed by atoms with E-state index in [-0.39, 0.29) is 12.1 Å². The van der Waals surface area contributed by atoms with Gasteiger partial charge in [-0.05, 0) is 106 Å². The molecule has 0 spiro atoms. The molecule has 2 aromatic carbocycles. The number of carbonyl (C=O) groups is 1. The van der Waals surface area contributed by atoms with E-state index in [2.05, 4.69) is 35.3 Å². The smallest absolute Gasteiger partial charge is 0.322 e. The van der Waals surface area contributed by atoms with Gasteiger partial charge in [-0.2, -0.15) is 5.26 Å². The van der Waals surface area contributed by atoms with E-state index < -0.39 is 0 Å². The molecule has 0 unspecified atom stereocenters. The Hall–Kier alpha value is -1.95. The van der Waals surface area contributed by atoms with Crippen molar-refractivity contribution in [2.75, 3.05) is 31.5 Å². The zero-order chi connectivity index (χ0) is 25.2. The molecule has 188 valence electrons. The van der Waals surface area contributed by atoms with Crippen molar-refractivity contribution in [3.05, 3.63) is 63.6 Å². The summed E-state index contributed by atoms with van der Waals surface area (Å²) in [6, 6.07) is 15.4. The Morgan fingerprint density at radius 2 is 1.74 bits per heavy atom. The van der Waals surface area contributed by atoms with E-state index in [1.54, 1.807) is 18.2 Å². The zero-order valence-corrected chi connectivity index (χ0v) is 22.1. The molecule has 1 heterocycles. The van der Waals surface area contributed by atoms with Crippen molar-refractivity contribution in [2.24, 2.45) is 0 Å². The molecule has 0 bridgehead atoms. The number of halogens is 2. The SMILES string of the molecule is N#Cc1cccc(C2CCC(N(CCN3CCCC3)C(=O)Nc3cc(Cl)cc(Cl)c3)CC2)c1.OS. The molecule has 1 aliphatic carbocycles. The first-order valence-corrected chi connectivity index (χ1v) is 13.1. The second kappa shape index (κ2) is 14.0. The van der Waals surface area contributed by atoms with Gasteiger partial charge in [-0.15, -0.1) is 0 Å². The second-order valence-electron chi connectivity index (χ2n) is 9.07. The third kappa shape index (κ3) is 8.03. The predicted molar refractivity (Wildman–Crippen MR) is 146 cm³/mol. The van der Waals surface area contributed by atoms with Crippen LogP contribution in [0.4, 0.5) is 10.5 Å². The van der Waals surface area contributed by atoms with Crippen molar-refractivity contribution in [3.63, 3.8) is 0 Å². The van der Waals surface area contributed by atoms with Crippen LogP contribution < -0.4 is 5.32 Å². The van der Waals surface area contributed by atoms with Crippen LogP contribution in [-0.2, 0) is 0 Å². The Labute approximate surface area is 223 Å². The molecule has 4 rings (SSSR count). The second-order valence-corrected chi connectivity index (χ2v) is 9.95. The van der Waals surface area contributed by atoms with Crippen LogP contribution in [0.2, 0.25) is 10.0 Å². The molecule has 1 aliphatic heterocycles. The Morgan fingerprint density at radius 1 is 1.09 bits per heavy atom. The summed E-state index contributed by atoms with van der Waals surface area (Å²) in [4.78, 5) is 17.8. The van der Waals surface area contributed by atoms with Crippen molar-refractivity contribution in [1.82, 2.24) is 9.80 Å². The van der Waals surface area contributed by atoms with Crippen LogP contribution in [-0.4, -0.2) is 52.6 Å². The molecule has 9 heteroatoms. The van der Waals surface area contributed by atoms with Gasteiger partial charge >= 0.3 is 6.03 Å². The van der Waals surface area contributed by atoms with E-state index in [1.807, 2.05) is 23.1 Å². The van der Waals surface area contributed by atoms with E-state index >= 15 is 0 Å². The van der Waals surface area contributed by atoms with Crippen molar-refractivity contribution in [3.8, 4) is 6.07 Å². The highest BCUT2D eigenvalue weighted by molar-refractivity contribution is 7.74. The summed E-state index contributed by atoms with van der Waals surface area (Å²) in [7, 11) is 0. The van der Waals surface area contributed by atoms with Gasteiger partial charge in [-0.25, -0.2) is 4.79 Å². The summed E-state index contributed by atoms with van der Waals surface area (Å²) in [6.45, 7) is 3.83. The van der Waals surface area contributed by atoms with Crippen molar-refractivity contribution >= 4 is 47.8 Å². The third-order valence-electron chi connectivity index (χ3n) is 6.86. The van der Waals surface area contributed by atoms with E-state index in [0.29, 0.717) is 33.8 Å². The molecule has 0 aromatic heterocycles. The number of hydrogen-bond donors (Lipinski definition) is 3. The highest BCUT2D eigenvalue weighted by Crippen LogP contribution is 2.35. The van der Waals surface area contributed by atoms with Gasteiger partial charge in [-0.3, -0.25) is 0 Å². The molecule has 2 amide bonds.